The average Bonchev–Trinajstić information content (AvgIpc) is 3.22. The Kier molecular flexibility index (Phi) is 6.80. The molecule has 0 aliphatic heterocycles. The van der Waals surface area contributed by atoms with Crippen LogP contribution in [0.5, 0.6) is 0 Å². The molecule has 0 aromatic carbocycles. The number of hydrogen-bond acceptors (Lipinski definition) is 4. The third kappa shape index (κ3) is 3.77. The van der Waals surface area contributed by atoms with Gasteiger partial charge in [0.2, 0.25) is 0 Å². The van der Waals surface area contributed by atoms with E-state index in [0.717, 1.165) is 12.3 Å². The Morgan fingerprint density at radius 3 is 2.30 bits per heavy atom. The van der Waals surface area contributed by atoms with Gasteiger partial charge in [0.05, 0.1) is 19.8 Å². The molecule has 4 heteroatoms. The summed E-state index contributed by atoms with van der Waals surface area (Å²) in [6.07, 6.45) is 12.0. The van der Waals surface area contributed by atoms with Crippen molar-refractivity contribution in [2.24, 2.45) is 56.7 Å². The van der Waals surface area contributed by atoms with E-state index in [0.29, 0.717) is 46.5 Å². The number of methoxy groups -OCH3 is 1. The lowest BCUT2D eigenvalue weighted by molar-refractivity contribution is -0.250. The highest BCUT2D eigenvalue weighted by Crippen LogP contribution is 2.77. The standard InChI is InChI=1S/C33H54O4/c1-21(2)22-11-16-33(20-37-19-27(35)36-8)18-17-31(6)23(28(22)33)9-10-25-30(5)14-13-26(34)29(3,4)24(30)12-15-32(25,31)7/h22-26,28,34H,1,9-20H2,2-8H3/t22-,23?,24-,25?,26-,28?,30-,31+,32+,33+/m0/s1. The molecule has 3 unspecified atom stereocenters. The summed E-state index contributed by atoms with van der Waals surface area (Å²) < 4.78 is 11.0. The highest BCUT2D eigenvalue weighted by Gasteiger charge is 2.70. The van der Waals surface area contributed by atoms with Crippen LogP contribution in [0.15, 0.2) is 12.2 Å². The van der Waals surface area contributed by atoms with Gasteiger partial charge in [-0.15, -0.1) is 0 Å². The molecule has 0 aromatic heterocycles. The van der Waals surface area contributed by atoms with Crippen molar-refractivity contribution in [3.63, 3.8) is 0 Å². The van der Waals surface area contributed by atoms with Gasteiger partial charge >= 0.3 is 5.97 Å². The van der Waals surface area contributed by atoms with E-state index in [1.54, 1.807) is 0 Å². The molecule has 0 aromatic rings. The van der Waals surface area contributed by atoms with Crippen molar-refractivity contribution < 1.29 is 19.4 Å². The Bertz CT molecular complexity index is 925. The third-order valence-electron chi connectivity index (χ3n) is 14.1. The molecule has 0 saturated heterocycles. The van der Waals surface area contributed by atoms with Gasteiger partial charge in [-0.05, 0) is 128 Å². The Balaban J connectivity index is 1.48. The fraction of sp³-hybridized carbons (Fsp3) is 0.909. The van der Waals surface area contributed by atoms with Gasteiger partial charge in [-0.25, -0.2) is 4.79 Å². The quantitative estimate of drug-likeness (QED) is 0.311. The number of rotatable bonds is 5. The Morgan fingerprint density at radius 2 is 1.62 bits per heavy atom. The molecular formula is C33H54O4. The van der Waals surface area contributed by atoms with Crippen LogP contribution in [-0.2, 0) is 14.3 Å². The lowest BCUT2D eigenvalue weighted by Crippen LogP contribution is -2.66. The van der Waals surface area contributed by atoms with Crippen molar-refractivity contribution in [2.45, 2.75) is 112 Å². The van der Waals surface area contributed by atoms with Gasteiger partial charge in [0.1, 0.15) is 6.61 Å². The third-order valence-corrected chi connectivity index (χ3v) is 14.1. The molecule has 0 spiro atoms. The van der Waals surface area contributed by atoms with E-state index >= 15 is 0 Å². The second-order valence-electron chi connectivity index (χ2n) is 15.5. The van der Waals surface area contributed by atoms with Gasteiger partial charge in [0, 0.05) is 0 Å². The van der Waals surface area contributed by atoms with E-state index in [-0.39, 0.29) is 29.5 Å². The van der Waals surface area contributed by atoms with Crippen molar-refractivity contribution in [3.05, 3.63) is 12.2 Å². The molecule has 0 amide bonds. The number of hydrogen-bond donors (Lipinski definition) is 1. The first-order valence-electron chi connectivity index (χ1n) is 15.2. The number of esters is 1. The van der Waals surface area contributed by atoms with Crippen LogP contribution < -0.4 is 0 Å². The molecule has 37 heavy (non-hydrogen) atoms. The SMILES string of the molecule is C=C(C)[C@@H]1CC[C@]2(COCC(=O)OC)CC[C@]3(C)C(CCC4[C@@]5(C)CC[C@H](O)C(C)(C)[C@@H]5CC[C@]43C)C12. The zero-order valence-electron chi connectivity index (χ0n) is 24.8. The molecule has 4 nitrogen and oxygen atoms in total. The number of carbonyl (C=O) groups is 1. The maximum Gasteiger partial charge on any atom is 0.331 e. The number of aliphatic hydroxyl groups excluding tert-OH is 1. The summed E-state index contributed by atoms with van der Waals surface area (Å²) in [6.45, 7) is 20.1. The number of ether oxygens (including phenoxy) is 2. The topological polar surface area (TPSA) is 55.8 Å². The molecule has 10 atom stereocenters. The van der Waals surface area contributed by atoms with Crippen LogP contribution in [0.3, 0.4) is 0 Å². The molecule has 5 saturated carbocycles. The second kappa shape index (κ2) is 9.08. The van der Waals surface area contributed by atoms with Crippen molar-refractivity contribution in [3.8, 4) is 0 Å². The predicted molar refractivity (Wildman–Crippen MR) is 148 cm³/mol. The second-order valence-corrected chi connectivity index (χ2v) is 15.5. The lowest BCUT2D eigenvalue weighted by atomic mass is 9.32. The molecule has 0 radical (unpaired) electrons. The first-order chi connectivity index (χ1) is 17.3. The van der Waals surface area contributed by atoms with Crippen LogP contribution in [0.4, 0.5) is 0 Å². The van der Waals surface area contributed by atoms with E-state index < -0.39 is 0 Å². The van der Waals surface area contributed by atoms with Crippen LogP contribution in [0.1, 0.15) is 106 Å². The van der Waals surface area contributed by atoms with Crippen molar-refractivity contribution in [2.75, 3.05) is 20.3 Å². The van der Waals surface area contributed by atoms with Crippen molar-refractivity contribution >= 4 is 5.97 Å². The summed E-state index contributed by atoms with van der Waals surface area (Å²) in [6, 6.07) is 0. The molecule has 5 aliphatic carbocycles. The summed E-state index contributed by atoms with van der Waals surface area (Å²) in [5, 5.41) is 11.0. The molecule has 0 bridgehead atoms. The minimum atomic E-state index is -0.276. The largest absolute Gasteiger partial charge is 0.467 e. The van der Waals surface area contributed by atoms with Crippen molar-refractivity contribution in [1.82, 2.24) is 0 Å². The van der Waals surface area contributed by atoms with E-state index in [1.165, 1.54) is 70.5 Å². The Morgan fingerprint density at radius 1 is 0.892 bits per heavy atom. The van der Waals surface area contributed by atoms with E-state index in [2.05, 4.69) is 48.1 Å². The molecule has 0 heterocycles. The normalized spacial score (nSPS) is 50.3. The summed E-state index contributed by atoms with van der Waals surface area (Å²) >= 11 is 0. The average molecular weight is 515 g/mol. The molecule has 1 N–H and O–H groups in total. The van der Waals surface area contributed by atoms with Crippen LogP contribution in [0.25, 0.3) is 0 Å². The highest BCUT2D eigenvalue weighted by molar-refractivity contribution is 5.70. The summed E-state index contributed by atoms with van der Waals surface area (Å²) in [5.74, 6) is 2.87. The first kappa shape index (κ1) is 27.7. The highest BCUT2D eigenvalue weighted by atomic mass is 16.6. The minimum absolute atomic E-state index is 0.00127. The maximum absolute atomic E-state index is 11.8. The van der Waals surface area contributed by atoms with E-state index in [4.69, 9.17) is 9.47 Å². The number of carbonyl (C=O) groups excluding carboxylic acids is 1. The van der Waals surface area contributed by atoms with Crippen LogP contribution in [0, 0.1) is 56.7 Å². The maximum atomic E-state index is 11.8. The van der Waals surface area contributed by atoms with Gasteiger partial charge in [-0.2, -0.15) is 0 Å². The molecule has 210 valence electrons. The summed E-state index contributed by atoms with van der Waals surface area (Å²) in [4.78, 5) is 11.8. The number of fused-ring (bicyclic) bond motifs is 7. The molecular weight excluding hydrogens is 460 g/mol. The number of aliphatic hydroxyl groups is 1. The van der Waals surface area contributed by atoms with E-state index in [9.17, 15) is 9.90 Å². The van der Waals surface area contributed by atoms with Gasteiger partial charge in [0.25, 0.3) is 0 Å². The monoisotopic (exact) mass is 514 g/mol. The Hall–Kier alpha value is -0.870. The first-order valence-corrected chi connectivity index (χ1v) is 15.2. The fourth-order valence-electron chi connectivity index (χ4n) is 11.9. The van der Waals surface area contributed by atoms with Crippen LogP contribution in [0.2, 0.25) is 0 Å². The Labute approximate surface area is 226 Å². The molecule has 5 rings (SSSR count). The van der Waals surface area contributed by atoms with Crippen LogP contribution >= 0.6 is 0 Å². The van der Waals surface area contributed by atoms with Gasteiger partial charge < -0.3 is 14.6 Å². The zero-order valence-corrected chi connectivity index (χ0v) is 24.8. The van der Waals surface area contributed by atoms with Crippen LogP contribution in [-0.4, -0.2) is 37.5 Å². The van der Waals surface area contributed by atoms with Gasteiger partial charge in [-0.3, -0.25) is 0 Å². The molecule has 5 fully saturated rings. The number of allylic oxidation sites excluding steroid dienone is 1. The fourth-order valence-corrected chi connectivity index (χ4v) is 11.9. The van der Waals surface area contributed by atoms with E-state index in [1.807, 2.05) is 0 Å². The minimum Gasteiger partial charge on any atom is -0.467 e. The lowest BCUT2D eigenvalue weighted by Gasteiger charge is -2.73. The van der Waals surface area contributed by atoms with Gasteiger partial charge in [0.15, 0.2) is 0 Å². The molecule has 5 aliphatic rings. The zero-order chi connectivity index (χ0) is 27.0. The van der Waals surface area contributed by atoms with Gasteiger partial charge in [-0.1, -0.05) is 46.8 Å². The predicted octanol–water partition coefficient (Wildman–Crippen LogP) is 7.19. The van der Waals surface area contributed by atoms with Crippen molar-refractivity contribution in [1.29, 1.82) is 0 Å². The summed E-state index contributed by atoms with van der Waals surface area (Å²) in [7, 11) is 1.44. The smallest absolute Gasteiger partial charge is 0.331 e. The summed E-state index contributed by atoms with van der Waals surface area (Å²) in [5.41, 5.74) is 2.43.